The van der Waals surface area contributed by atoms with Gasteiger partial charge in [0.1, 0.15) is 0 Å². The van der Waals surface area contributed by atoms with E-state index in [-0.39, 0.29) is 17.9 Å². The van der Waals surface area contributed by atoms with Gasteiger partial charge in [0.15, 0.2) is 0 Å². The number of rotatable bonds is 5. The summed E-state index contributed by atoms with van der Waals surface area (Å²) in [7, 11) is 0. The molecule has 1 amide bonds. The summed E-state index contributed by atoms with van der Waals surface area (Å²) in [6.07, 6.45) is 7.72. The van der Waals surface area contributed by atoms with Crippen LogP contribution in [0, 0.1) is 12.3 Å². The van der Waals surface area contributed by atoms with Crippen LogP contribution in [0.4, 0.5) is 5.69 Å². The van der Waals surface area contributed by atoms with Crippen LogP contribution in [0.3, 0.4) is 0 Å². The Balaban J connectivity index is 1.92. The van der Waals surface area contributed by atoms with Crippen molar-refractivity contribution in [2.45, 2.75) is 38.1 Å². The molecule has 0 aliphatic carbocycles. The molecule has 0 saturated heterocycles. The maximum atomic E-state index is 12.0. The quantitative estimate of drug-likeness (QED) is 0.795. The van der Waals surface area contributed by atoms with Crippen molar-refractivity contribution in [3.05, 3.63) is 29.8 Å². The summed E-state index contributed by atoms with van der Waals surface area (Å²) in [6.45, 7) is 2.88. The number of amides is 1. The van der Waals surface area contributed by atoms with Gasteiger partial charge in [-0.15, -0.1) is 6.42 Å². The van der Waals surface area contributed by atoms with Crippen LogP contribution in [0.1, 0.15) is 37.7 Å². The van der Waals surface area contributed by atoms with Crippen molar-refractivity contribution in [2.75, 3.05) is 11.9 Å². The predicted octanol–water partition coefficient (Wildman–Crippen LogP) is 2.50. The SMILES string of the molecule is C#CC(CCC)NC(=O)CC1CNc2ccccc21. The molecule has 1 aromatic carbocycles. The highest BCUT2D eigenvalue weighted by molar-refractivity contribution is 5.78. The van der Waals surface area contributed by atoms with Gasteiger partial charge in [-0.2, -0.15) is 0 Å². The highest BCUT2D eigenvalue weighted by Crippen LogP contribution is 2.32. The van der Waals surface area contributed by atoms with Crippen LogP contribution in [0.5, 0.6) is 0 Å². The zero-order chi connectivity index (χ0) is 13.7. The van der Waals surface area contributed by atoms with E-state index in [2.05, 4.69) is 35.6 Å². The highest BCUT2D eigenvalue weighted by atomic mass is 16.1. The zero-order valence-corrected chi connectivity index (χ0v) is 11.3. The summed E-state index contributed by atoms with van der Waals surface area (Å²) in [5.74, 6) is 2.92. The van der Waals surface area contributed by atoms with Crippen LogP contribution in [0.15, 0.2) is 24.3 Å². The fraction of sp³-hybridized carbons (Fsp3) is 0.438. The van der Waals surface area contributed by atoms with Gasteiger partial charge >= 0.3 is 0 Å². The molecule has 0 saturated carbocycles. The van der Waals surface area contributed by atoms with Crippen molar-refractivity contribution in [2.24, 2.45) is 0 Å². The molecule has 2 N–H and O–H groups in total. The fourth-order valence-electron chi connectivity index (χ4n) is 2.50. The molecule has 2 atom stereocenters. The number of fused-ring (bicyclic) bond motifs is 1. The van der Waals surface area contributed by atoms with Gasteiger partial charge in [0.05, 0.1) is 6.04 Å². The standard InChI is InChI=1S/C16H20N2O/c1-3-7-13(4-2)18-16(19)10-12-11-17-15-9-6-5-8-14(12)15/h2,5-6,8-9,12-13,17H,3,7,10-11H2,1H3,(H,18,19). The zero-order valence-electron chi connectivity index (χ0n) is 11.3. The number of carbonyl (C=O) groups excluding carboxylic acids is 1. The molecular weight excluding hydrogens is 236 g/mol. The van der Waals surface area contributed by atoms with E-state index in [1.54, 1.807) is 0 Å². The largest absolute Gasteiger partial charge is 0.384 e. The molecule has 19 heavy (non-hydrogen) atoms. The maximum absolute atomic E-state index is 12.0. The average Bonchev–Trinajstić information content (AvgIpc) is 2.82. The van der Waals surface area contributed by atoms with Gasteiger partial charge in [-0.3, -0.25) is 4.79 Å². The molecule has 0 radical (unpaired) electrons. The Labute approximate surface area is 114 Å². The lowest BCUT2D eigenvalue weighted by Crippen LogP contribution is -2.34. The topological polar surface area (TPSA) is 41.1 Å². The molecule has 0 fully saturated rings. The van der Waals surface area contributed by atoms with Gasteiger partial charge in [0.25, 0.3) is 0 Å². The number of terminal acetylenes is 1. The smallest absolute Gasteiger partial charge is 0.221 e. The lowest BCUT2D eigenvalue weighted by molar-refractivity contribution is -0.121. The highest BCUT2D eigenvalue weighted by Gasteiger charge is 2.24. The molecule has 0 bridgehead atoms. The number of carbonyl (C=O) groups is 1. The molecule has 1 aliphatic heterocycles. The van der Waals surface area contributed by atoms with Crippen molar-refractivity contribution >= 4 is 11.6 Å². The molecule has 1 heterocycles. The predicted molar refractivity (Wildman–Crippen MR) is 78.0 cm³/mol. The summed E-state index contributed by atoms with van der Waals surface area (Å²) in [5, 5.41) is 6.25. The molecule has 3 nitrogen and oxygen atoms in total. The van der Waals surface area contributed by atoms with E-state index in [9.17, 15) is 4.79 Å². The van der Waals surface area contributed by atoms with E-state index >= 15 is 0 Å². The van der Waals surface area contributed by atoms with Crippen LogP contribution >= 0.6 is 0 Å². The van der Waals surface area contributed by atoms with Crippen LogP contribution < -0.4 is 10.6 Å². The summed E-state index contributed by atoms with van der Waals surface area (Å²) < 4.78 is 0. The van der Waals surface area contributed by atoms with E-state index in [0.717, 1.165) is 25.1 Å². The van der Waals surface area contributed by atoms with Gasteiger partial charge < -0.3 is 10.6 Å². The second-order valence-corrected chi connectivity index (χ2v) is 4.94. The molecule has 100 valence electrons. The first-order chi connectivity index (χ1) is 9.24. The van der Waals surface area contributed by atoms with E-state index < -0.39 is 0 Å². The minimum Gasteiger partial charge on any atom is -0.384 e. The van der Waals surface area contributed by atoms with Crippen LogP contribution in [-0.4, -0.2) is 18.5 Å². The van der Waals surface area contributed by atoms with Gasteiger partial charge in [-0.1, -0.05) is 37.5 Å². The second kappa shape index (κ2) is 6.29. The number of benzene rings is 1. The lowest BCUT2D eigenvalue weighted by atomic mass is 9.97. The summed E-state index contributed by atoms with van der Waals surface area (Å²) >= 11 is 0. The molecular formula is C16H20N2O. The number of anilines is 1. The first-order valence-corrected chi connectivity index (χ1v) is 6.83. The van der Waals surface area contributed by atoms with Gasteiger partial charge in [-0.25, -0.2) is 0 Å². The molecule has 1 aliphatic rings. The molecule has 2 rings (SSSR count). The van der Waals surface area contributed by atoms with Crippen molar-refractivity contribution in [3.8, 4) is 12.3 Å². The van der Waals surface area contributed by atoms with Crippen molar-refractivity contribution in [3.63, 3.8) is 0 Å². The second-order valence-electron chi connectivity index (χ2n) is 4.94. The monoisotopic (exact) mass is 256 g/mol. The minimum atomic E-state index is -0.137. The number of para-hydroxylation sites is 1. The Hall–Kier alpha value is -1.95. The molecule has 3 heteroatoms. The first kappa shape index (κ1) is 13.5. The molecule has 0 spiro atoms. The van der Waals surface area contributed by atoms with Gasteiger partial charge in [0.2, 0.25) is 5.91 Å². The third-order valence-electron chi connectivity index (χ3n) is 3.49. The van der Waals surface area contributed by atoms with E-state index in [1.165, 1.54) is 5.56 Å². The maximum Gasteiger partial charge on any atom is 0.221 e. The number of nitrogens with one attached hydrogen (secondary N) is 2. The van der Waals surface area contributed by atoms with Crippen molar-refractivity contribution in [1.29, 1.82) is 0 Å². The van der Waals surface area contributed by atoms with Crippen LogP contribution in [0.25, 0.3) is 0 Å². The Bertz CT molecular complexity index is 490. The van der Waals surface area contributed by atoms with E-state index in [1.807, 2.05) is 12.1 Å². The summed E-state index contributed by atoms with van der Waals surface area (Å²) in [4.78, 5) is 12.0. The minimum absolute atomic E-state index is 0.0416. The van der Waals surface area contributed by atoms with Gasteiger partial charge in [0, 0.05) is 24.6 Å². The number of hydrogen-bond acceptors (Lipinski definition) is 2. The third kappa shape index (κ3) is 3.29. The molecule has 0 aromatic heterocycles. The number of hydrogen-bond donors (Lipinski definition) is 2. The third-order valence-corrected chi connectivity index (χ3v) is 3.49. The molecule has 2 unspecified atom stereocenters. The van der Waals surface area contributed by atoms with E-state index in [4.69, 9.17) is 6.42 Å². The van der Waals surface area contributed by atoms with Crippen molar-refractivity contribution < 1.29 is 4.79 Å². The van der Waals surface area contributed by atoms with Crippen LogP contribution in [0.2, 0.25) is 0 Å². The Morgan fingerprint density at radius 2 is 2.37 bits per heavy atom. The fourth-order valence-corrected chi connectivity index (χ4v) is 2.50. The van der Waals surface area contributed by atoms with Crippen molar-refractivity contribution in [1.82, 2.24) is 5.32 Å². The lowest BCUT2D eigenvalue weighted by Gasteiger charge is -2.14. The normalized spacial score (nSPS) is 18.0. The molecule has 1 aromatic rings. The Morgan fingerprint density at radius 3 is 3.11 bits per heavy atom. The first-order valence-electron chi connectivity index (χ1n) is 6.83. The summed E-state index contributed by atoms with van der Waals surface area (Å²) in [5.41, 5.74) is 2.37. The van der Waals surface area contributed by atoms with E-state index in [0.29, 0.717) is 6.42 Å². The van der Waals surface area contributed by atoms with Crippen LogP contribution in [-0.2, 0) is 4.79 Å². The Morgan fingerprint density at radius 1 is 1.58 bits per heavy atom. The summed E-state index contributed by atoms with van der Waals surface area (Å²) in [6, 6.07) is 8.01. The van der Waals surface area contributed by atoms with Gasteiger partial charge in [-0.05, 0) is 18.1 Å². The average molecular weight is 256 g/mol. The Kier molecular flexibility index (Phi) is 4.46.